The maximum atomic E-state index is 13.1. The monoisotopic (exact) mass is 676 g/mol. The number of hydrogen-bond donors (Lipinski definition) is 2. The number of methoxy groups -OCH3 is 1. The van der Waals surface area contributed by atoms with Gasteiger partial charge in [-0.1, -0.05) is 53.5 Å². The van der Waals surface area contributed by atoms with E-state index in [2.05, 4.69) is 26.7 Å². The lowest BCUT2D eigenvalue weighted by molar-refractivity contribution is -0.153. The van der Waals surface area contributed by atoms with Gasteiger partial charge in [0, 0.05) is 36.7 Å². The summed E-state index contributed by atoms with van der Waals surface area (Å²) in [6.07, 6.45) is 3.72. The number of halogens is 2. The number of carbonyl (C=O) groups excluding carboxylic acids is 2. The summed E-state index contributed by atoms with van der Waals surface area (Å²) < 4.78 is 17.9. The van der Waals surface area contributed by atoms with Crippen molar-refractivity contribution in [1.82, 2.24) is 15.4 Å². The summed E-state index contributed by atoms with van der Waals surface area (Å²) in [4.78, 5) is 36.7. The number of benzene rings is 3. The third kappa shape index (κ3) is 6.56. The second kappa shape index (κ2) is 13.2. The number of likely N-dealkylation sites (N-methyl/N-ethyl adjacent to an activating group) is 1. The highest BCUT2D eigenvalue weighted by Gasteiger charge is 2.32. The van der Waals surface area contributed by atoms with E-state index in [9.17, 15) is 9.59 Å². The predicted molar refractivity (Wildman–Crippen MR) is 177 cm³/mol. The van der Waals surface area contributed by atoms with Gasteiger partial charge in [-0.05, 0) is 61.6 Å². The van der Waals surface area contributed by atoms with Crippen LogP contribution in [0.3, 0.4) is 0 Å². The average Bonchev–Trinajstić information content (AvgIpc) is 3.71. The first-order chi connectivity index (χ1) is 22.8. The number of amides is 1. The van der Waals surface area contributed by atoms with Gasteiger partial charge in [0.2, 0.25) is 0 Å². The number of fused-ring (bicyclic) bond motifs is 2. The number of rotatable bonds is 10. The molecule has 1 amide bonds. The highest BCUT2D eigenvalue weighted by molar-refractivity contribution is 6.36. The van der Waals surface area contributed by atoms with Crippen molar-refractivity contribution < 1.29 is 28.3 Å². The van der Waals surface area contributed by atoms with Crippen molar-refractivity contribution in [3.8, 4) is 22.6 Å². The van der Waals surface area contributed by atoms with E-state index in [4.69, 9.17) is 41.9 Å². The van der Waals surface area contributed by atoms with Gasteiger partial charge in [-0.2, -0.15) is 0 Å². The molecule has 1 unspecified atom stereocenters. The number of aromatic nitrogens is 1. The molecule has 0 saturated heterocycles. The topological polar surface area (TPSA) is 115 Å². The highest BCUT2D eigenvalue weighted by atomic mass is 35.5. The Morgan fingerprint density at radius 1 is 1.04 bits per heavy atom. The number of nitrogens with zero attached hydrogens (tertiary/aromatic N) is 2. The van der Waals surface area contributed by atoms with Crippen LogP contribution in [0.15, 0.2) is 52.9 Å². The summed E-state index contributed by atoms with van der Waals surface area (Å²) in [5, 5.41) is 3.74. The largest absolute Gasteiger partial charge is 0.496 e. The van der Waals surface area contributed by atoms with Gasteiger partial charge in [-0.15, -0.1) is 5.48 Å². The molecule has 2 heterocycles. The smallest absolute Gasteiger partial charge is 0.327 e. The van der Waals surface area contributed by atoms with E-state index in [1.54, 1.807) is 25.3 Å². The lowest BCUT2D eigenvalue weighted by atomic mass is 9.96. The molecule has 12 heteroatoms. The normalized spacial score (nSPS) is 17.1. The molecule has 7 rings (SSSR count). The minimum absolute atomic E-state index is 0.00243. The van der Waals surface area contributed by atoms with E-state index in [-0.39, 0.29) is 30.4 Å². The van der Waals surface area contributed by atoms with Crippen LogP contribution < -0.4 is 20.3 Å². The Kier molecular flexibility index (Phi) is 8.85. The first-order valence-corrected chi connectivity index (χ1v) is 16.4. The molecule has 0 radical (unpaired) electrons. The van der Waals surface area contributed by atoms with E-state index in [0.29, 0.717) is 40.2 Å². The van der Waals surface area contributed by atoms with E-state index in [1.165, 1.54) is 0 Å². The van der Waals surface area contributed by atoms with Gasteiger partial charge < -0.3 is 24.0 Å². The summed E-state index contributed by atoms with van der Waals surface area (Å²) in [5.41, 5.74) is 8.64. The number of carbonyl (C=O) groups is 2. The molecule has 0 spiro atoms. The number of anilines is 1. The molecule has 3 aliphatic rings. The van der Waals surface area contributed by atoms with Gasteiger partial charge in [0.15, 0.2) is 0 Å². The van der Waals surface area contributed by atoms with Crippen molar-refractivity contribution in [2.75, 3.05) is 26.0 Å². The van der Waals surface area contributed by atoms with Gasteiger partial charge in [0.05, 0.1) is 41.0 Å². The maximum Gasteiger partial charge on any atom is 0.327 e. The summed E-state index contributed by atoms with van der Waals surface area (Å²) in [6, 6.07) is 15.1. The Bertz CT molecular complexity index is 1860. The molecule has 10 nitrogen and oxygen atoms in total. The van der Waals surface area contributed by atoms with Gasteiger partial charge in [0.25, 0.3) is 5.89 Å². The van der Waals surface area contributed by atoms with Crippen molar-refractivity contribution in [2.24, 2.45) is 5.92 Å². The predicted octanol–water partition coefficient (Wildman–Crippen LogP) is 6.92. The molecule has 244 valence electrons. The SMILES string of the molecule is COc1cc(OC2CCc3c(-c4cccc(NC(=O)c5nc6c(o5)CCN(C)C6)c4Cl)cccc32)c(Cl)cc1CNOC(=O)C1CC1. The van der Waals surface area contributed by atoms with Gasteiger partial charge in [0.1, 0.15) is 23.4 Å². The Morgan fingerprint density at radius 2 is 1.85 bits per heavy atom. The van der Waals surface area contributed by atoms with Crippen molar-refractivity contribution >= 4 is 40.8 Å². The van der Waals surface area contributed by atoms with Crippen molar-refractivity contribution in [1.29, 1.82) is 0 Å². The lowest BCUT2D eigenvalue weighted by Gasteiger charge is -2.19. The van der Waals surface area contributed by atoms with Crippen LogP contribution in [-0.4, -0.2) is 42.5 Å². The third-order valence-electron chi connectivity index (χ3n) is 8.82. The molecule has 1 aliphatic heterocycles. The van der Waals surface area contributed by atoms with Gasteiger partial charge in [-0.3, -0.25) is 14.5 Å². The molecular weight excluding hydrogens is 643 g/mol. The molecule has 1 aromatic heterocycles. The maximum absolute atomic E-state index is 13.1. The number of ether oxygens (including phenoxy) is 2. The summed E-state index contributed by atoms with van der Waals surface area (Å²) in [5.74, 6) is 1.15. The number of oxazole rings is 1. The fourth-order valence-electron chi connectivity index (χ4n) is 6.16. The molecule has 3 aromatic carbocycles. The Labute approximate surface area is 282 Å². The van der Waals surface area contributed by atoms with Crippen LogP contribution in [0, 0.1) is 5.92 Å². The molecule has 4 aromatic rings. The van der Waals surface area contributed by atoms with E-state index in [0.717, 1.165) is 71.5 Å². The first-order valence-electron chi connectivity index (χ1n) is 15.6. The zero-order valence-electron chi connectivity index (χ0n) is 26.0. The minimum Gasteiger partial charge on any atom is -0.496 e. The van der Waals surface area contributed by atoms with Crippen LogP contribution in [0.5, 0.6) is 11.5 Å². The molecule has 47 heavy (non-hydrogen) atoms. The number of hydroxylamine groups is 1. The summed E-state index contributed by atoms with van der Waals surface area (Å²) in [6.45, 7) is 1.75. The summed E-state index contributed by atoms with van der Waals surface area (Å²) >= 11 is 13.6. The Morgan fingerprint density at radius 3 is 2.66 bits per heavy atom. The summed E-state index contributed by atoms with van der Waals surface area (Å²) in [7, 11) is 3.58. The molecule has 0 bridgehead atoms. The number of nitrogens with one attached hydrogen (secondary N) is 2. The fourth-order valence-corrected chi connectivity index (χ4v) is 6.67. The fraction of sp³-hybridized carbons (Fsp3) is 0.343. The van der Waals surface area contributed by atoms with Crippen LogP contribution in [0.25, 0.3) is 11.1 Å². The standard InChI is InChI=1S/C35H34Cl2N4O6/c1-41-14-13-29-27(18-41)40-34(46-29)33(42)39-26-8-4-7-24(32(26)37)21-5-3-6-23-22(21)11-12-28(23)45-31-16-30(44-2)20(15-25(31)36)17-38-47-35(43)19-9-10-19/h3-8,15-16,19,28,38H,9-14,17-18H2,1-2H3,(H,39,42). The van der Waals surface area contributed by atoms with Crippen LogP contribution in [0.1, 0.15) is 64.2 Å². The van der Waals surface area contributed by atoms with Crippen molar-refractivity contribution in [3.63, 3.8) is 0 Å². The second-order valence-electron chi connectivity index (χ2n) is 12.1. The molecule has 2 aliphatic carbocycles. The Balaban J connectivity index is 1.08. The lowest BCUT2D eigenvalue weighted by Crippen LogP contribution is -2.26. The molecule has 1 saturated carbocycles. The zero-order valence-corrected chi connectivity index (χ0v) is 27.5. The van der Waals surface area contributed by atoms with Crippen LogP contribution in [0.4, 0.5) is 5.69 Å². The van der Waals surface area contributed by atoms with Gasteiger partial charge >= 0.3 is 11.9 Å². The average molecular weight is 678 g/mol. The minimum atomic E-state index is -0.443. The number of hydrogen-bond acceptors (Lipinski definition) is 9. The van der Waals surface area contributed by atoms with Crippen molar-refractivity contribution in [3.05, 3.63) is 92.6 Å². The van der Waals surface area contributed by atoms with E-state index in [1.807, 2.05) is 31.3 Å². The molecule has 1 atom stereocenters. The quantitative estimate of drug-likeness (QED) is 0.173. The van der Waals surface area contributed by atoms with Crippen LogP contribution in [0.2, 0.25) is 10.0 Å². The van der Waals surface area contributed by atoms with Crippen LogP contribution in [-0.2, 0) is 35.6 Å². The highest BCUT2D eigenvalue weighted by Crippen LogP contribution is 2.45. The van der Waals surface area contributed by atoms with E-state index >= 15 is 0 Å². The Hall–Kier alpha value is -4.09. The first kappa shape index (κ1) is 31.5. The molecule has 2 N–H and O–H groups in total. The van der Waals surface area contributed by atoms with Gasteiger partial charge in [-0.25, -0.2) is 4.98 Å². The van der Waals surface area contributed by atoms with E-state index < -0.39 is 5.91 Å². The zero-order chi connectivity index (χ0) is 32.7. The second-order valence-corrected chi connectivity index (χ2v) is 12.9. The van der Waals surface area contributed by atoms with Crippen LogP contribution >= 0.6 is 23.2 Å². The third-order valence-corrected chi connectivity index (χ3v) is 9.52. The van der Waals surface area contributed by atoms with Crippen molar-refractivity contribution in [2.45, 2.75) is 51.3 Å². The molecular formula is C35H34Cl2N4O6. The molecule has 1 fully saturated rings.